The maximum Gasteiger partial charge on any atom is 0.320 e. The van der Waals surface area contributed by atoms with Crippen LogP contribution in [0, 0.1) is 6.92 Å². The number of carbonyl (C=O) groups excluding carboxylic acids is 1. The van der Waals surface area contributed by atoms with Crippen LogP contribution in [-0.2, 0) is 17.8 Å². The largest absolute Gasteiger partial charge is 0.480 e. The fraction of sp³-hybridized carbons (Fsp3) is 0.211. The number of hydrogen-bond donors (Lipinski definition) is 4. The molecule has 0 aliphatic rings. The van der Waals surface area contributed by atoms with Gasteiger partial charge in [-0.1, -0.05) is 35.9 Å². The standard InChI is InChI=1S/C19H21ClN4O3/c1-11-3-2-4-15(20)14(11)10-23-19(22)24-17(25)13-7-5-12(6-8-13)9-16(21)18(26)27/h2-8,16H,9-10,21H2,1H3,(H,26,27)(H3,22,23,24,25). The van der Waals surface area contributed by atoms with Crippen LogP contribution in [0.25, 0.3) is 0 Å². The molecule has 0 radical (unpaired) electrons. The third kappa shape index (κ3) is 5.80. The molecule has 1 unspecified atom stereocenters. The molecule has 0 heterocycles. The van der Waals surface area contributed by atoms with Crippen molar-refractivity contribution in [1.82, 2.24) is 5.32 Å². The fourth-order valence-electron chi connectivity index (χ4n) is 2.41. The molecule has 27 heavy (non-hydrogen) atoms. The zero-order valence-electron chi connectivity index (χ0n) is 14.8. The van der Waals surface area contributed by atoms with E-state index in [2.05, 4.69) is 10.3 Å². The summed E-state index contributed by atoms with van der Waals surface area (Å²) in [4.78, 5) is 26.8. The van der Waals surface area contributed by atoms with E-state index < -0.39 is 17.9 Å². The topological polar surface area (TPSA) is 131 Å². The van der Waals surface area contributed by atoms with Gasteiger partial charge in [-0.15, -0.1) is 0 Å². The lowest BCUT2D eigenvalue weighted by atomic mass is 10.0. The van der Waals surface area contributed by atoms with E-state index in [4.69, 9.17) is 28.2 Å². The van der Waals surface area contributed by atoms with Crippen molar-refractivity contribution in [3.8, 4) is 0 Å². The van der Waals surface area contributed by atoms with Gasteiger partial charge in [-0.25, -0.2) is 0 Å². The van der Waals surface area contributed by atoms with Gasteiger partial charge in [0.1, 0.15) is 6.04 Å². The van der Waals surface area contributed by atoms with Gasteiger partial charge >= 0.3 is 5.97 Å². The van der Waals surface area contributed by atoms with E-state index in [1.165, 1.54) is 0 Å². The lowest BCUT2D eigenvalue weighted by molar-refractivity contribution is -0.138. The van der Waals surface area contributed by atoms with Gasteiger partial charge in [0, 0.05) is 17.1 Å². The average Bonchev–Trinajstić information content (AvgIpc) is 2.61. The van der Waals surface area contributed by atoms with E-state index in [1.54, 1.807) is 30.3 Å². The molecule has 0 fully saturated rings. The summed E-state index contributed by atoms with van der Waals surface area (Å²) in [5.74, 6) is -1.60. The number of carbonyl (C=O) groups is 2. The van der Waals surface area contributed by atoms with Gasteiger partial charge in [0.25, 0.3) is 5.91 Å². The SMILES string of the molecule is Cc1cccc(Cl)c1CNC(N)=NC(=O)c1ccc(CC(N)C(=O)O)cc1. The second-order valence-corrected chi connectivity index (χ2v) is 6.44. The molecule has 1 atom stereocenters. The third-order valence-electron chi connectivity index (χ3n) is 4.00. The molecular formula is C19H21ClN4O3. The number of carboxylic acid groups (broad SMARTS) is 1. The highest BCUT2D eigenvalue weighted by atomic mass is 35.5. The van der Waals surface area contributed by atoms with Gasteiger partial charge < -0.3 is 21.9 Å². The van der Waals surface area contributed by atoms with Gasteiger partial charge in [-0.2, -0.15) is 4.99 Å². The zero-order valence-corrected chi connectivity index (χ0v) is 15.5. The van der Waals surface area contributed by atoms with Crippen LogP contribution in [-0.4, -0.2) is 29.0 Å². The smallest absolute Gasteiger partial charge is 0.320 e. The zero-order chi connectivity index (χ0) is 20.0. The first kappa shape index (κ1) is 20.4. The van der Waals surface area contributed by atoms with E-state index in [-0.39, 0.29) is 12.4 Å². The summed E-state index contributed by atoms with van der Waals surface area (Å²) in [6, 6.07) is 11.0. The molecule has 7 nitrogen and oxygen atoms in total. The molecule has 6 N–H and O–H groups in total. The number of aliphatic carboxylic acids is 1. The minimum Gasteiger partial charge on any atom is -0.480 e. The number of benzene rings is 2. The maximum absolute atomic E-state index is 12.2. The number of halogens is 1. The van der Waals surface area contributed by atoms with Crippen molar-refractivity contribution in [3.05, 3.63) is 69.7 Å². The lowest BCUT2D eigenvalue weighted by Crippen LogP contribution is -2.32. The highest BCUT2D eigenvalue weighted by molar-refractivity contribution is 6.31. The van der Waals surface area contributed by atoms with Crippen LogP contribution in [0.2, 0.25) is 5.02 Å². The van der Waals surface area contributed by atoms with Crippen molar-refractivity contribution < 1.29 is 14.7 Å². The van der Waals surface area contributed by atoms with Crippen molar-refractivity contribution in [2.75, 3.05) is 0 Å². The molecule has 142 valence electrons. The summed E-state index contributed by atoms with van der Waals surface area (Å²) in [6.07, 6.45) is 0.175. The van der Waals surface area contributed by atoms with E-state index in [1.807, 2.05) is 19.1 Å². The highest BCUT2D eigenvalue weighted by Gasteiger charge is 2.13. The molecule has 2 rings (SSSR count). The van der Waals surface area contributed by atoms with Crippen molar-refractivity contribution in [2.24, 2.45) is 16.5 Å². The van der Waals surface area contributed by atoms with Gasteiger partial charge in [0.15, 0.2) is 5.96 Å². The maximum atomic E-state index is 12.2. The van der Waals surface area contributed by atoms with E-state index >= 15 is 0 Å². The van der Waals surface area contributed by atoms with Crippen LogP contribution in [0.15, 0.2) is 47.5 Å². The lowest BCUT2D eigenvalue weighted by Gasteiger charge is -2.10. The van der Waals surface area contributed by atoms with E-state index in [0.29, 0.717) is 22.7 Å². The number of hydrogen-bond acceptors (Lipinski definition) is 3. The molecular weight excluding hydrogens is 368 g/mol. The summed E-state index contributed by atoms with van der Waals surface area (Å²) in [5, 5.41) is 12.3. The Labute approximate surface area is 162 Å². The predicted molar refractivity (Wildman–Crippen MR) is 105 cm³/mol. The monoisotopic (exact) mass is 388 g/mol. The van der Waals surface area contributed by atoms with E-state index in [0.717, 1.165) is 11.1 Å². The summed E-state index contributed by atoms with van der Waals surface area (Å²) in [7, 11) is 0. The summed E-state index contributed by atoms with van der Waals surface area (Å²) in [5.41, 5.74) is 14.2. The first-order chi connectivity index (χ1) is 12.8. The number of nitrogens with zero attached hydrogens (tertiary/aromatic N) is 1. The highest BCUT2D eigenvalue weighted by Crippen LogP contribution is 2.18. The molecule has 0 bridgehead atoms. The Morgan fingerprint density at radius 3 is 2.48 bits per heavy atom. The molecule has 0 aliphatic carbocycles. The van der Waals surface area contributed by atoms with Crippen molar-refractivity contribution in [3.63, 3.8) is 0 Å². The first-order valence-corrected chi connectivity index (χ1v) is 8.59. The minimum atomic E-state index is -1.08. The predicted octanol–water partition coefficient (Wildman–Crippen LogP) is 1.85. The number of guanidine groups is 1. The molecule has 1 amide bonds. The Morgan fingerprint density at radius 2 is 1.89 bits per heavy atom. The number of amides is 1. The van der Waals surface area contributed by atoms with Gasteiger partial charge in [-0.3, -0.25) is 9.59 Å². The third-order valence-corrected chi connectivity index (χ3v) is 4.35. The van der Waals surface area contributed by atoms with Gasteiger partial charge in [0.2, 0.25) is 0 Å². The summed E-state index contributed by atoms with van der Waals surface area (Å²) >= 11 is 6.15. The number of aryl methyl sites for hydroxylation is 1. The van der Waals surface area contributed by atoms with Gasteiger partial charge in [0.05, 0.1) is 0 Å². The quantitative estimate of drug-likeness (QED) is 0.441. The summed E-state index contributed by atoms with van der Waals surface area (Å²) < 4.78 is 0. The first-order valence-electron chi connectivity index (χ1n) is 8.21. The van der Waals surface area contributed by atoms with Crippen molar-refractivity contribution >= 4 is 29.4 Å². The minimum absolute atomic E-state index is 0.0173. The van der Waals surface area contributed by atoms with Crippen molar-refractivity contribution in [2.45, 2.75) is 25.9 Å². The summed E-state index contributed by atoms with van der Waals surface area (Å²) in [6.45, 7) is 2.28. The second kappa shape index (κ2) is 9.16. The molecule has 0 saturated carbocycles. The second-order valence-electron chi connectivity index (χ2n) is 6.04. The van der Waals surface area contributed by atoms with Crippen LogP contribution in [0.5, 0.6) is 0 Å². The number of carboxylic acids is 1. The molecule has 0 saturated heterocycles. The molecule has 0 aliphatic heterocycles. The molecule has 0 spiro atoms. The van der Waals surface area contributed by atoms with Crippen molar-refractivity contribution in [1.29, 1.82) is 0 Å². The number of rotatable bonds is 6. The van der Waals surface area contributed by atoms with Crippen LogP contribution < -0.4 is 16.8 Å². The fourth-order valence-corrected chi connectivity index (χ4v) is 2.70. The Bertz CT molecular complexity index is 846. The van der Waals surface area contributed by atoms with E-state index in [9.17, 15) is 9.59 Å². The van der Waals surface area contributed by atoms with Crippen LogP contribution in [0.4, 0.5) is 0 Å². The number of aliphatic imine (C=N–C) groups is 1. The Kier molecular flexibility index (Phi) is 6.92. The Balaban J connectivity index is 1.99. The van der Waals surface area contributed by atoms with Crippen LogP contribution >= 0.6 is 11.6 Å². The Morgan fingerprint density at radius 1 is 1.22 bits per heavy atom. The average molecular weight is 389 g/mol. The van der Waals surface area contributed by atoms with Gasteiger partial charge in [-0.05, 0) is 48.2 Å². The molecule has 2 aromatic rings. The molecule has 2 aromatic carbocycles. The van der Waals surface area contributed by atoms with Crippen LogP contribution in [0.3, 0.4) is 0 Å². The molecule has 0 aromatic heterocycles. The Hall–Kier alpha value is -2.90. The number of nitrogens with one attached hydrogen (secondary N) is 1. The van der Waals surface area contributed by atoms with Crippen LogP contribution in [0.1, 0.15) is 27.0 Å². The number of nitrogens with two attached hydrogens (primary N) is 2. The molecule has 8 heteroatoms. The normalized spacial score (nSPS) is 12.5.